The van der Waals surface area contributed by atoms with Crippen molar-refractivity contribution >= 4 is 17.8 Å². The van der Waals surface area contributed by atoms with E-state index in [9.17, 15) is 20.0 Å². The number of benzene rings is 2. The van der Waals surface area contributed by atoms with E-state index in [0.29, 0.717) is 11.5 Å². The Balaban J connectivity index is 1.70. The zero-order chi connectivity index (χ0) is 20.1. The number of phenols is 1. The Morgan fingerprint density at radius 3 is 2.89 bits per heavy atom. The molecule has 0 bridgehead atoms. The summed E-state index contributed by atoms with van der Waals surface area (Å²) in [6.45, 7) is 1.90. The maximum absolute atomic E-state index is 12.2. The third-order valence-corrected chi connectivity index (χ3v) is 3.78. The number of nitro groups is 1. The van der Waals surface area contributed by atoms with E-state index < -0.39 is 16.9 Å². The Kier molecular flexibility index (Phi) is 5.58. The van der Waals surface area contributed by atoms with Crippen molar-refractivity contribution in [2.45, 2.75) is 13.0 Å². The van der Waals surface area contributed by atoms with Gasteiger partial charge in [-0.3, -0.25) is 14.9 Å². The van der Waals surface area contributed by atoms with Crippen molar-refractivity contribution in [2.75, 3.05) is 13.2 Å². The van der Waals surface area contributed by atoms with Gasteiger partial charge >= 0.3 is 0 Å². The Bertz CT molecular complexity index is 929. The lowest BCUT2D eigenvalue weighted by molar-refractivity contribution is -0.385. The van der Waals surface area contributed by atoms with Gasteiger partial charge in [0.05, 0.1) is 23.8 Å². The topological polar surface area (TPSA) is 133 Å². The van der Waals surface area contributed by atoms with E-state index in [0.717, 1.165) is 18.3 Å². The molecule has 0 unspecified atom stereocenters. The smallest absolute Gasteiger partial charge is 0.284 e. The molecular formula is C18H17N3O7. The minimum atomic E-state index is -0.912. The van der Waals surface area contributed by atoms with E-state index in [1.165, 1.54) is 0 Å². The van der Waals surface area contributed by atoms with Crippen LogP contribution in [0.4, 0.5) is 5.69 Å². The average Bonchev–Trinajstić information content (AvgIpc) is 2.70. The first-order chi connectivity index (χ1) is 13.5. The Morgan fingerprint density at radius 1 is 1.43 bits per heavy atom. The second-order valence-electron chi connectivity index (χ2n) is 5.67. The molecule has 0 aliphatic carbocycles. The summed E-state index contributed by atoms with van der Waals surface area (Å²) < 4.78 is 16.2. The number of hydrazone groups is 1. The molecule has 2 N–H and O–H groups in total. The van der Waals surface area contributed by atoms with E-state index in [4.69, 9.17) is 14.2 Å². The van der Waals surface area contributed by atoms with E-state index in [1.54, 1.807) is 31.2 Å². The highest BCUT2D eigenvalue weighted by atomic mass is 16.6. The standard InChI is InChI=1S/C18H17N3O7/c1-2-26-15-8-12(21(24)25)7-11(17(15)22)9-19-20-18(23)16-10-27-13-5-3-4-6-14(13)28-16/h3-9,16,22H,2,10H2,1H3,(H,20,23)/b19-9+/t16-/m0/s1. The number of carbonyl (C=O) groups is 1. The molecule has 0 fully saturated rings. The first-order valence-corrected chi connectivity index (χ1v) is 8.35. The second kappa shape index (κ2) is 8.25. The first-order valence-electron chi connectivity index (χ1n) is 8.35. The maximum Gasteiger partial charge on any atom is 0.284 e. The monoisotopic (exact) mass is 387 g/mol. The molecule has 0 saturated carbocycles. The van der Waals surface area contributed by atoms with Crippen LogP contribution < -0.4 is 19.6 Å². The van der Waals surface area contributed by atoms with Crippen molar-refractivity contribution in [2.24, 2.45) is 5.10 Å². The largest absolute Gasteiger partial charge is 0.504 e. The van der Waals surface area contributed by atoms with Crippen LogP contribution in [-0.2, 0) is 4.79 Å². The van der Waals surface area contributed by atoms with E-state index in [1.807, 2.05) is 0 Å². The molecule has 1 aliphatic heterocycles. The minimum Gasteiger partial charge on any atom is -0.504 e. The molecule has 1 aliphatic rings. The van der Waals surface area contributed by atoms with E-state index in [2.05, 4.69) is 10.5 Å². The molecule has 3 rings (SSSR count). The number of nitro benzene ring substituents is 1. The molecule has 1 atom stereocenters. The molecule has 10 nitrogen and oxygen atoms in total. The number of non-ortho nitro benzene ring substituents is 1. The lowest BCUT2D eigenvalue weighted by atomic mass is 10.1. The van der Waals surface area contributed by atoms with Gasteiger partial charge in [-0.1, -0.05) is 12.1 Å². The summed E-state index contributed by atoms with van der Waals surface area (Å²) in [6, 6.07) is 9.16. The second-order valence-corrected chi connectivity index (χ2v) is 5.67. The summed E-state index contributed by atoms with van der Waals surface area (Å²) in [7, 11) is 0. The van der Waals surface area contributed by atoms with Crippen LogP contribution in [0.1, 0.15) is 12.5 Å². The van der Waals surface area contributed by atoms with Crippen LogP contribution in [0.5, 0.6) is 23.0 Å². The third-order valence-electron chi connectivity index (χ3n) is 3.78. The summed E-state index contributed by atoms with van der Waals surface area (Å²) in [5.41, 5.74) is 2.00. The molecule has 2 aromatic rings. The van der Waals surface area contributed by atoms with Gasteiger partial charge in [0, 0.05) is 11.6 Å². The molecule has 2 aromatic carbocycles. The molecule has 1 heterocycles. The number of nitrogens with zero attached hydrogens (tertiary/aromatic N) is 2. The van der Waals surface area contributed by atoms with Gasteiger partial charge < -0.3 is 19.3 Å². The number of hydrogen-bond donors (Lipinski definition) is 2. The molecular weight excluding hydrogens is 370 g/mol. The summed E-state index contributed by atoms with van der Waals surface area (Å²) in [4.78, 5) is 22.6. The number of hydrogen-bond acceptors (Lipinski definition) is 8. The molecule has 0 radical (unpaired) electrons. The molecule has 0 spiro atoms. The van der Waals surface area contributed by atoms with Gasteiger partial charge in [0.25, 0.3) is 11.6 Å². The number of carbonyl (C=O) groups excluding carboxylic acids is 1. The molecule has 146 valence electrons. The van der Waals surface area contributed by atoms with Crippen molar-refractivity contribution in [1.82, 2.24) is 5.43 Å². The lowest BCUT2D eigenvalue weighted by Crippen LogP contribution is -2.42. The number of fused-ring (bicyclic) bond motifs is 1. The van der Waals surface area contributed by atoms with Gasteiger partial charge in [-0.2, -0.15) is 5.10 Å². The van der Waals surface area contributed by atoms with Crippen LogP contribution in [0.2, 0.25) is 0 Å². The number of nitrogens with one attached hydrogen (secondary N) is 1. The number of rotatable bonds is 6. The van der Waals surface area contributed by atoms with E-state index >= 15 is 0 Å². The Labute approximate surface area is 159 Å². The summed E-state index contributed by atoms with van der Waals surface area (Å²) >= 11 is 0. The van der Waals surface area contributed by atoms with Crippen molar-refractivity contribution in [3.63, 3.8) is 0 Å². The predicted octanol–water partition coefficient (Wildman–Crippen LogP) is 1.99. The Morgan fingerprint density at radius 2 is 2.18 bits per heavy atom. The average molecular weight is 387 g/mol. The highest BCUT2D eigenvalue weighted by molar-refractivity contribution is 5.88. The zero-order valence-corrected chi connectivity index (χ0v) is 14.8. The minimum absolute atomic E-state index is 0.00884. The fraction of sp³-hybridized carbons (Fsp3) is 0.222. The van der Waals surface area contributed by atoms with Gasteiger partial charge in [-0.15, -0.1) is 0 Å². The molecule has 10 heteroatoms. The van der Waals surface area contributed by atoms with Crippen molar-refractivity contribution < 1.29 is 29.0 Å². The SMILES string of the molecule is CCOc1cc([N+](=O)[O-])cc(/C=N/NC(=O)[C@@H]2COc3ccccc3O2)c1O. The van der Waals surface area contributed by atoms with Crippen LogP contribution in [0.3, 0.4) is 0 Å². The zero-order valence-electron chi connectivity index (χ0n) is 14.8. The fourth-order valence-corrected chi connectivity index (χ4v) is 2.47. The summed E-state index contributed by atoms with van der Waals surface area (Å²) in [5, 5.41) is 24.9. The van der Waals surface area contributed by atoms with Crippen molar-refractivity contribution in [3.8, 4) is 23.0 Å². The normalized spacial score (nSPS) is 15.2. The van der Waals surface area contributed by atoms with Gasteiger partial charge in [0.15, 0.2) is 23.0 Å². The fourth-order valence-electron chi connectivity index (χ4n) is 2.47. The first kappa shape index (κ1) is 19.0. The van der Waals surface area contributed by atoms with Crippen molar-refractivity contribution in [3.05, 3.63) is 52.1 Å². The van der Waals surface area contributed by atoms with Crippen molar-refractivity contribution in [1.29, 1.82) is 0 Å². The van der Waals surface area contributed by atoms with Gasteiger partial charge in [0.1, 0.15) is 6.61 Å². The van der Waals surface area contributed by atoms with Crippen LogP contribution in [0.15, 0.2) is 41.5 Å². The summed E-state index contributed by atoms with van der Waals surface area (Å²) in [6.07, 6.45) is 0.171. The molecule has 28 heavy (non-hydrogen) atoms. The van der Waals surface area contributed by atoms with Gasteiger partial charge in [0.2, 0.25) is 6.10 Å². The summed E-state index contributed by atoms with van der Waals surface area (Å²) in [5.74, 6) is 0.0398. The van der Waals surface area contributed by atoms with Gasteiger partial charge in [-0.25, -0.2) is 5.43 Å². The number of phenolic OH excluding ortho intramolecular Hbond substituents is 1. The highest BCUT2D eigenvalue weighted by Crippen LogP contribution is 2.34. The quantitative estimate of drug-likeness (QED) is 0.440. The van der Waals surface area contributed by atoms with Gasteiger partial charge in [-0.05, 0) is 19.1 Å². The predicted molar refractivity (Wildman–Crippen MR) is 98.0 cm³/mol. The third kappa shape index (κ3) is 4.11. The number of para-hydroxylation sites is 2. The van der Waals surface area contributed by atoms with Crippen LogP contribution in [0.25, 0.3) is 0 Å². The molecule has 1 amide bonds. The molecule has 0 aromatic heterocycles. The van der Waals surface area contributed by atoms with Crippen LogP contribution >= 0.6 is 0 Å². The van der Waals surface area contributed by atoms with Crippen LogP contribution in [0, 0.1) is 10.1 Å². The number of amides is 1. The highest BCUT2D eigenvalue weighted by Gasteiger charge is 2.27. The van der Waals surface area contributed by atoms with Crippen LogP contribution in [-0.4, -0.2) is 41.5 Å². The number of ether oxygens (including phenoxy) is 3. The Hall–Kier alpha value is -3.82. The van der Waals surface area contributed by atoms with E-state index in [-0.39, 0.29) is 36.0 Å². The molecule has 0 saturated heterocycles. The number of aromatic hydroxyl groups is 1. The lowest BCUT2D eigenvalue weighted by Gasteiger charge is -2.24. The maximum atomic E-state index is 12.2.